The Morgan fingerprint density at radius 1 is 1.32 bits per heavy atom. The van der Waals surface area contributed by atoms with Crippen molar-refractivity contribution < 1.29 is 23.8 Å². The third-order valence-corrected chi connectivity index (χ3v) is 4.69. The molecule has 25 heavy (non-hydrogen) atoms. The first-order chi connectivity index (χ1) is 12.1. The monoisotopic (exact) mass is 347 g/mol. The molecular weight excluding hydrogens is 322 g/mol. The van der Waals surface area contributed by atoms with Gasteiger partial charge in [-0.25, -0.2) is 0 Å². The molecule has 0 radical (unpaired) electrons. The van der Waals surface area contributed by atoms with Crippen molar-refractivity contribution in [1.82, 2.24) is 4.90 Å². The highest BCUT2D eigenvalue weighted by atomic mass is 16.6. The zero-order valence-electron chi connectivity index (χ0n) is 14.7. The molecule has 2 saturated heterocycles. The van der Waals surface area contributed by atoms with Gasteiger partial charge in [0.2, 0.25) is 5.91 Å². The highest BCUT2D eigenvalue weighted by Crippen LogP contribution is 2.39. The van der Waals surface area contributed by atoms with Crippen LogP contribution in [0.4, 0.5) is 0 Å². The Morgan fingerprint density at radius 2 is 2.08 bits per heavy atom. The molecule has 6 nitrogen and oxygen atoms in total. The van der Waals surface area contributed by atoms with Crippen LogP contribution < -0.4 is 0 Å². The summed E-state index contributed by atoms with van der Waals surface area (Å²) in [4.78, 5) is 25.5. The maximum absolute atomic E-state index is 12.4. The van der Waals surface area contributed by atoms with Crippen LogP contribution in [-0.4, -0.2) is 48.4 Å². The van der Waals surface area contributed by atoms with E-state index in [0.29, 0.717) is 26.2 Å². The second-order valence-electron chi connectivity index (χ2n) is 6.59. The molecule has 0 N–H and O–H groups in total. The molecule has 0 spiro atoms. The van der Waals surface area contributed by atoms with Gasteiger partial charge in [-0.1, -0.05) is 37.3 Å². The fraction of sp³-hybridized carbons (Fsp3) is 0.579. The Bertz CT molecular complexity index is 605. The van der Waals surface area contributed by atoms with Gasteiger partial charge in [0, 0.05) is 25.8 Å². The maximum Gasteiger partial charge on any atom is 0.303 e. The maximum atomic E-state index is 12.4. The van der Waals surface area contributed by atoms with Crippen LogP contribution in [0.5, 0.6) is 0 Å². The minimum absolute atomic E-state index is 0.0609. The number of esters is 1. The number of carbonyl (C=O) groups is 2. The molecule has 2 aliphatic heterocycles. The van der Waals surface area contributed by atoms with E-state index in [2.05, 4.69) is 0 Å². The van der Waals surface area contributed by atoms with Gasteiger partial charge in [-0.3, -0.25) is 9.59 Å². The van der Waals surface area contributed by atoms with Crippen LogP contribution in [0.2, 0.25) is 0 Å². The molecule has 4 atom stereocenters. The van der Waals surface area contributed by atoms with E-state index in [1.54, 1.807) is 4.90 Å². The van der Waals surface area contributed by atoms with Gasteiger partial charge in [-0.15, -0.1) is 0 Å². The Labute approximate surface area is 148 Å². The van der Waals surface area contributed by atoms with Crippen molar-refractivity contribution in [3.8, 4) is 0 Å². The van der Waals surface area contributed by atoms with Crippen LogP contribution in [0.3, 0.4) is 0 Å². The molecule has 3 rings (SSSR count). The van der Waals surface area contributed by atoms with Crippen LogP contribution in [0, 0.1) is 5.92 Å². The molecule has 2 aliphatic rings. The van der Waals surface area contributed by atoms with Crippen molar-refractivity contribution in [3.05, 3.63) is 35.9 Å². The predicted octanol–water partition coefficient (Wildman–Crippen LogP) is 2.12. The summed E-state index contributed by atoms with van der Waals surface area (Å²) in [5.41, 5.74) is 1.09. The zero-order chi connectivity index (χ0) is 17.8. The normalized spacial score (nSPS) is 28.2. The Kier molecular flexibility index (Phi) is 5.71. The van der Waals surface area contributed by atoms with Crippen molar-refractivity contribution in [2.75, 3.05) is 13.2 Å². The summed E-state index contributed by atoms with van der Waals surface area (Å²) in [6, 6.07) is 9.90. The van der Waals surface area contributed by atoms with Crippen molar-refractivity contribution >= 4 is 11.9 Å². The smallest absolute Gasteiger partial charge is 0.303 e. The largest absolute Gasteiger partial charge is 0.457 e. The molecule has 2 fully saturated rings. The second kappa shape index (κ2) is 7.97. The van der Waals surface area contributed by atoms with E-state index in [9.17, 15) is 9.59 Å². The van der Waals surface area contributed by atoms with E-state index >= 15 is 0 Å². The standard InChI is InChI=1S/C19H25NO5/c1-3-9-20-17(22)10-15-16(25-19(20)18(15)24-13(2)21)12-23-11-14-7-5-4-6-8-14/h4-8,15-16,18-19H,3,9-12H2,1-2H3/t15-,16-,18-,19+/m1/s1. The molecule has 0 aromatic heterocycles. The van der Waals surface area contributed by atoms with E-state index in [1.807, 2.05) is 37.3 Å². The Hall–Kier alpha value is -1.92. The number of hydrogen-bond donors (Lipinski definition) is 0. The fourth-order valence-corrected chi connectivity index (χ4v) is 3.60. The van der Waals surface area contributed by atoms with Crippen LogP contribution in [0.15, 0.2) is 30.3 Å². The molecular formula is C19H25NO5. The summed E-state index contributed by atoms with van der Waals surface area (Å²) < 4.78 is 17.4. The van der Waals surface area contributed by atoms with E-state index in [1.165, 1.54) is 6.92 Å². The van der Waals surface area contributed by atoms with Crippen LogP contribution in [0.25, 0.3) is 0 Å². The summed E-state index contributed by atoms with van der Waals surface area (Å²) in [5, 5.41) is 0. The average Bonchev–Trinajstić information content (AvgIpc) is 2.82. The lowest BCUT2D eigenvalue weighted by Crippen LogP contribution is -2.53. The lowest BCUT2D eigenvalue weighted by molar-refractivity contribution is -0.172. The molecule has 0 aliphatic carbocycles. The van der Waals surface area contributed by atoms with Gasteiger partial charge in [-0.05, 0) is 12.0 Å². The minimum Gasteiger partial charge on any atom is -0.457 e. The molecule has 136 valence electrons. The number of rotatable bonds is 7. The second-order valence-corrected chi connectivity index (χ2v) is 6.59. The van der Waals surface area contributed by atoms with Crippen molar-refractivity contribution in [1.29, 1.82) is 0 Å². The minimum atomic E-state index is -0.500. The van der Waals surface area contributed by atoms with Gasteiger partial charge in [0.15, 0.2) is 12.3 Å². The van der Waals surface area contributed by atoms with Crippen molar-refractivity contribution in [3.63, 3.8) is 0 Å². The zero-order valence-corrected chi connectivity index (χ0v) is 14.7. The number of carbonyl (C=O) groups excluding carboxylic acids is 2. The lowest BCUT2D eigenvalue weighted by Gasteiger charge is -2.36. The quantitative estimate of drug-likeness (QED) is 0.707. The first kappa shape index (κ1) is 17.9. The topological polar surface area (TPSA) is 65.1 Å². The Morgan fingerprint density at radius 3 is 2.76 bits per heavy atom. The summed E-state index contributed by atoms with van der Waals surface area (Å²) in [6.07, 6.45) is 0.00263. The molecule has 2 heterocycles. The number of piperidine rings is 1. The number of hydrogen-bond acceptors (Lipinski definition) is 5. The van der Waals surface area contributed by atoms with Gasteiger partial charge in [0.05, 0.1) is 19.3 Å². The SMILES string of the molecule is CCCN1C(=O)C[C@H]2[C@@H](OC(C)=O)[C@@H]1O[C@@H]2COCc1ccccc1. The van der Waals surface area contributed by atoms with Crippen molar-refractivity contribution in [2.45, 2.75) is 51.7 Å². The molecule has 0 unspecified atom stereocenters. The number of ether oxygens (including phenoxy) is 3. The molecule has 1 aromatic rings. The first-order valence-corrected chi connectivity index (χ1v) is 8.84. The van der Waals surface area contributed by atoms with Gasteiger partial charge in [0.1, 0.15) is 0 Å². The highest BCUT2D eigenvalue weighted by Gasteiger charge is 2.54. The average molecular weight is 347 g/mol. The molecule has 6 heteroatoms. The third-order valence-electron chi connectivity index (χ3n) is 4.69. The van der Waals surface area contributed by atoms with E-state index in [4.69, 9.17) is 14.2 Å². The van der Waals surface area contributed by atoms with Gasteiger partial charge < -0.3 is 19.1 Å². The lowest BCUT2D eigenvalue weighted by atomic mass is 9.90. The van der Waals surface area contributed by atoms with Crippen molar-refractivity contribution in [2.24, 2.45) is 5.92 Å². The molecule has 1 aromatic carbocycles. The van der Waals surface area contributed by atoms with Crippen LogP contribution in [-0.2, 0) is 30.4 Å². The number of fused-ring (bicyclic) bond motifs is 2. The number of likely N-dealkylation sites (tertiary alicyclic amines) is 1. The van der Waals surface area contributed by atoms with Gasteiger partial charge in [-0.2, -0.15) is 0 Å². The summed E-state index contributed by atoms with van der Waals surface area (Å²) >= 11 is 0. The fourth-order valence-electron chi connectivity index (χ4n) is 3.60. The van der Waals surface area contributed by atoms with E-state index in [0.717, 1.165) is 12.0 Å². The number of nitrogens with zero attached hydrogens (tertiary/aromatic N) is 1. The Balaban J connectivity index is 1.65. The molecule has 2 bridgehead atoms. The summed E-state index contributed by atoms with van der Waals surface area (Å²) in [6.45, 7) is 4.87. The van der Waals surface area contributed by atoms with Crippen LogP contribution >= 0.6 is 0 Å². The van der Waals surface area contributed by atoms with E-state index in [-0.39, 0.29) is 23.9 Å². The third kappa shape index (κ3) is 4.02. The predicted molar refractivity (Wildman–Crippen MR) is 90.4 cm³/mol. The van der Waals surface area contributed by atoms with Gasteiger partial charge >= 0.3 is 5.97 Å². The van der Waals surface area contributed by atoms with E-state index < -0.39 is 12.3 Å². The highest BCUT2D eigenvalue weighted by molar-refractivity contribution is 5.78. The van der Waals surface area contributed by atoms with Gasteiger partial charge in [0.25, 0.3) is 0 Å². The number of amides is 1. The molecule has 0 saturated carbocycles. The molecule has 1 amide bonds. The summed E-state index contributed by atoms with van der Waals surface area (Å²) in [5.74, 6) is -0.434. The van der Waals surface area contributed by atoms with Crippen LogP contribution in [0.1, 0.15) is 32.3 Å². The number of benzene rings is 1. The summed E-state index contributed by atoms with van der Waals surface area (Å²) in [7, 11) is 0. The first-order valence-electron chi connectivity index (χ1n) is 8.84.